The van der Waals surface area contributed by atoms with Crippen molar-refractivity contribution in [1.82, 2.24) is 19.5 Å². The van der Waals surface area contributed by atoms with Crippen LogP contribution in [0.25, 0.3) is 127 Å². The maximum absolute atomic E-state index is 6.58. The highest BCUT2D eigenvalue weighted by Gasteiger charge is 2.23. The van der Waals surface area contributed by atoms with Gasteiger partial charge in [-0.05, 0) is 79.2 Å². The molecule has 0 spiro atoms. The number of rotatable bonds is 4. The Balaban J connectivity index is 1.15. The van der Waals surface area contributed by atoms with Gasteiger partial charge in [-0.2, -0.15) is 9.97 Å². The van der Waals surface area contributed by atoms with Crippen LogP contribution in [0.3, 0.4) is 0 Å². The minimum Gasteiger partial charge on any atom is -0.456 e. The average molecular weight is 765 g/mol. The fourth-order valence-electron chi connectivity index (χ4n) is 9.53. The lowest BCUT2D eigenvalue weighted by atomic mass is 9.91. The van der Waals surface area contributed by atoms with E-state index in [9.17, 15) is 0 Å². The Kier molecular flexibility index (Phi) is 6.95. The first kappa shape index (κ1) is 32.9. The quantitative estimate of drug-likeness (QED) is 0.167. The fourth-order valence-corrected chi connectivity index (χ4v) is 9.53. The molecule has 5 nitrogen and oxygen atoms in total. The van der Waals surface area contributed by atoms with Crippen molar-refractivity contribution in [2.75, 3.05) is 0 Å². The van der Waals surface area contributed by atoms with E-state index in [1.165, 1.54) is 21.5 Å². The molecule has 0 aliphatic rings. The molecule has 13 aromatic rings. The molecule has 278 valence electrons. The van der Waals surface area contributed by atoms with Crippen molar-refractivity contribution in [1.29, 1.82) is 0 Å². The third-order valence-electron chi connectivity index (χ3n) is 12.2. The van der Waals surface area contributed by atoms with Gasteiger partial charge in [-0.25, -0.2) is 4.98 Å². The van der Waals surface area contributed by atoms with Crippen molar-refractivity contribution in [3.63, 3.8) is 0 Å². The van der Waals surface area contributed by atoms with Crippen LogP contribution in [0, 0.1) is 0 Å². The first-order valence-corrected chi connectivity index (χ1v) is 20.3. The minimum atomic E-state index is 0.547. The zero-order valence-electron chi connectivity index (χ0n) is 32.2. The molecule has 10 aromatic carbocycles. The molecule has 60 heavy (non-hydrogen) atoms. The molecule has 0 saturated carbocycles. The Hall–Kier alpha value is -8.15. The van der Waals surface area contributed by atoms with E-state index in [0.717, 1.165) is 87.5 Å². The topological polar surface area (TPSA) is 56.7 Å². The van der Waals surface area contributed by atoms with E-state index in [0.29, 0.717) is 17.6 Å². The van der Waals surface area contributed by atoms with Crippen molar-refractivity contribution in [3.8, 4) is 39.9 Å². The third kappa shape index (κ3) is 4.84. The van der Waals surface area contributed by atoms with Gasteiger partial charge >= 0.3 is 0 Å². The summed E-state index contributed by atoms with van der Waals surface area (Å²) >= 11 is 0. The van der Waals surface area contributed by atoms with E-state index in [-0.39, 0.29) is 0 Å². The first-order valence-electron chi connectivity index (χ1n) is 20.3. The average Bonchev–Trinajstić information content (AvgIpc) is 3.86. The molecular formula is C55H32N4O. The van der Waals surface area contributed by atoms with Crippen molar-refractivity contribution in [2.45, 2.75) is 0 Å². The number of benzene rings is 10. The molecule has 0 aliphatic carbocycles. The molecule has 13 rings (SSSR count). The standard InChI is InChI=1S/C55H32N4O/c1-2-16-35-32-50-47(30-34(35)15-1)51-45(25-13-27-49(51)60-50)54-56-53(44-24-10-9-22-41(44)46-31-36-17-4-5-18-37(36)39-20-7-8-21-40(39)46)57-55(58-54)59-48-26-12-11-23-42(48)43-29-28-33-14-3-6-19-38(33)52(43)59/h1-32H. The molecular weight excluding hydrogens is 733 g/mol. The molecule has 0 amide bonds. The van der Waals surface area contributed by atoms with Crippen LogP contribution in [0.2, 0.25) is 0 Å². The van der Waals surface area contributed by atoms with Gasteiger partial charge in [0.15, 0.2) is 11.6 Å². The number of para-hydroxylation sites is 1. The molecule has 0 atom stereocenters. The van der Waals surface area contributed by atoms with E-state index < -0.39 is 0 Å². The molecule has 0 fully saturated rings. The lowest BCUT2D eigenvalue weighted by Gasteiger charge is -2.16. The van der Waals surface area contributed by atoms with Crippen molar-refractivity contribution >= 4 is 86.8 Å². The highest BCUT2D eigenvalue weighted by molar-refractivity contribution is 6.19. The summed E-state index contributed by atoms with van der Waals surface area (Å²) in [4.78, 5) is 16.4. The Morgan fingerprint density at radius 3 is 1.78 bits per heavy atom. The summed E-state index contributed by atoms with van der Waals surface area (Å²) in [7, 11) is 0. The summed E-state index contributed by atoms with van der Waals surface area (Å²) in [5, 5.41) is 13.6. The summed E-state index contributed by atoms with van der Waals surface area (Å²) in [5.41, 5.74) is 7.67. The normalized spacial score (nSPS) is 12.0. The smallest absolute Gasteiger partial charge is 0.238 e. The van der Waals surface area contributed by atoms with E-state index in [1.54, 1.807) is 0 Å². The van der Waals surface area contributed by atoms with Gasteiger partial charge in [-0.1, -0.05) is 164 Å². The van der Waals surface area contributed by atoms with Crippen LogP contribution in [0.1, 0.15) is 0 Å². The van der Waals surface area contributed by atoms with Gasteiger partial charge < -0.3 is 4.42 Å². The minimum absolute atomic E-state index is 0.547. The molecule has 3 heterocycles. The maximum Gasteiger partial charge on any atom is 0.238 e. The second-order valence-electron chi connectivity index (χ2n) is 15.5. The fraction of sp³-hybridized carbons (Fsp3) is 0. The van der Waals surface area contributed by atoms with E-state index in [2.05, 4.69) is 187 Å². The Bertz CT molecular complexity index is 3910. The number of fused-ring (bicyclic) bond motifs is 12. The lowest BCUT2D eigenvalue weighted by molar-refractivity contribution is 0.669. The molecule has 0 aliphatic heterocycles. The van der Waals surface area contributed by atoms with Gasteiger partial charge in [0.1, 0.15) is 11.2 Å². The van der Waals surface area contributed by atoms with Crippen molar-refractivity contribution < 1.29 is 4.42 Å². The first-order chi connectivity index (χ1) is 29.7. The summed E-state index contributed by atoms with van der Waals surface area (Å²) in [6.07, 6.45) is 0. The van der Waals surface area contributed by atoms with Gasteiger partial charge in [-0.15, -0.1) is 0 Å². The zero-order chi connectivity index (χ0) is 39.3. The number of aromatic nitrogens is 4. The van der Waals surface area contributed by atoms with Crippen LogP contribution < -0.4 is 0 Å². The van der Waals surface area contributed by atoms with Crippen LogP contribution in [-0.4, -0.2) is 19.5 Å². The summed E-state index contributed by atoms with van der Waals surface area (Å²) < 4.78 is 8.81. The third-order valence-corrected chi connectivity index (χ3v) is 12.2. The van der Waals surface area contributed by atoms with Gasteiger partial charge in [0.25, 0.3) is 0 Å². The summed E-state index contributed by atoms with van der Waals surface area (Å²) in [6.45, 7) is 0. The van der Waals surface area contributed by atoms with Crippen LogP contribution in [0.5, 0.6) is 0 Å². The number of nitrogens with zero attached hydrogens (tertiary/aromatic N) is 4. The van der Waals surface area contributed by atoms with E-state index in [4.69, 9.17) is 19.4 Å². The molecule has 5 heteroatoms. The summed E-state index contributed by atoms with van der Waals surface area (Å²) in [5.74, 6) is 1.70. The second kappa shape index (κ2) is 12.7. The highest BCUT2D eigenvalue weighted by atomic mass is 16.3. The predicted molar refractivity (Wildman–Crippen MR) is 248 cm³/mol. The predicted octanol–water partition coefficient (Wildman–Crippen LogP) is 14.5. The van der Waals surface area contributed by atoms with Crippen molar-refractivity contribution in [2.24, 2.45) is 0 Å². The number of furan rings is 1. The van der Waals surface area contributed by atoms with Crippen LogP contribution in [0.4, 0.5) is 0 Å². The second-order valence-corrected chi connectivity index (χ2v) is 15.5. The molecule has 0 N–H and O–H groups in total. The SMILES string of the molecule is c1ccc(-c2cc3ccccc3c3ccccc23)c(-c2nc(-c3cccc4oc5cc6ccccc6cc5c34)nc(-n3c4ccccc4c4ccc5ccccc5c43)n2)c1. The highest BCUT2D eigenvalue weighted by Crippen LogP contribution is 2.42. The maximum atomic E-state index is 6.58. The molecule has 0 saturated heterocycles. The van der Waals surface area contributed by atoms with Gasteiger partial charge in [0.2, 0.25) is 5.95 Å². The van der Waals surface area contributed by atoms with Gasteiger partial charge in [0.05, 0.1) is 11.0 Å². The summed E-state index contributed by atoms with van der Waals surface area (Å²) in [6, 6.07) is 68.6. The molecule has 0 radical (unpaired) electrons. The van der Waals surface area contributed by atoms with Crippen LogP contribution >= 0.6 is 0 Å². The van der Waals surface area contributed by atoms with Gasteiger partial charge in [-0.3, -0.25) is 4.57 Å². The largest absolute Gasteiger partial charge is 0.456 e. The monoisotopic (exact) mass is 764 g/mol. The van der Waals surface area contributed by atoms with Crippen LogP contribution in [0.15, 0.2) is 199 Å². The molecule has 3 aromatic heterocycles. The number of hydrogen-bond donors (Lipinski definition) is 0. The van der Waals surface area contributed by atoms with E-state index >= 15 is 0 Å². The van der Waals surface area contributed by atoms with Gasteiger partial charge in [0, 0.05) is 38.1 Å². The molecule has 0 unspecified atom stereocenters. The Morgan fingerprint density at radius 2 is 0.950 bits per heavy atom. The van der Waals surface area contributed by atoms with E-state index in [1.807, 2.05) is 12.1 Å². The molecule has 0 bridgehead atoms. The Labute approximate surface area is 343 Å². The zero-order valence-corrected chi connectivity index (χ0v) is 32.2. The Morgan fingerprint density at radius 1 is 0.333 bits per heavy atom. The van der Waals surface area contributed by atoms with Crippen LogP contribution in [-0.2, 0) is 0 Å². The van der Waals surface area contributed by atoms with Crippen molar-refractivity contribution in [3.05, 3.63) is 194 Å². The number of hydrogen-bond acceptors (Lipinski definition) is 4. The lowest BCUT2D eigenvalue weighted by Crippen LogP contribution is -2.07.